The fraction of sp³-hybridized carbons (Fsp3) is 0.359. The molecule has 2 aliphatic heterocycles. The van der Waals surface area contributed by atoms with Gasteiger partial charge in [0, 0.05) is 86.8 Å². The minimum Gasteiger partial charge on any atom is -0.508 e. The fourth-order valence-corrected chi connectivity index (χ4v) is 12.4. The second-order valence-electron chi connectivity index (χ2n) is 21.8. The Morgan fingerprint density at radius 3 is 2.36 bits per heavy atom. The molecule has 6 aromatic rings. The number of aromatic nitrogens is 2. The number of fused-ring (bicyclic) bond motifs is 3. The summed E-state index contributed by atoms with van der Waals surface area (Å²) < 4.78 is 20.0. The smallest absolute Gasteiger partial charge is 0.302 e. The van der Waals surface area contributed by atoms with E-state index in [-0.39, 0.29) is 77.2 Å². The average Bonchev–Trinajstić information content (AvgIpc) is 4.21. The van der Waals surface area contributed by atoms with Crippen molar-refractivity contribution >= 4 is 34.0 Å². The van der Waals surface area contributed by atoms with Gasteiger partial charge in [0.05, 0.1) is 24.4 Å². The zero-order valence-corrected chi connectivity index (χ0v) is 44.8. The van der Waals surface area contributed by atoms with Crippen molar-refractivity contribution in [2.24, 2.45) is 11.3 Å². The monoisotopic (exact) mass is 1050 g/mol. The summed E-state index contributed by atoms with van der Waals surface area (Å²) in [5.41, 5.74) is 4.72. The summed E-state index contributed by atoms with van der Waals surface area (Å²) in [6.45, 7) is 5.96. The standard InChI is InChI=1S/C64H70N4O10/c1-40-11-5-6-21-63(40)24-18-52(77-42(3)70)33-50(73)34-58(45-29-59(74)62(60(30-45)76-4)78-51-15-10-14-49(72)32-51)67-38-54-55(39-67)57(17-16-56(54)64(75)22-7-8-23-64)68(26-20-41(2)69)61-31-44(19-25-66-61)53(43-12-9-13-48(71)27-43)28-46-36-65-37-47(46)35-63/h5-6,9-17,19,21,27,29-32,36-40,52-53,58,65-66,71-72,74-75H,7-8,18,20,22-26,28,33-35H2,1-4H3/t40-,52+,53-,58-,63-/m0/s1. The number of ether oxygens (including phenoxy) is 3. The first-order chi connectivity index (χ1) is 37.6. The predicted octanol–water partition coefficient (Wildman–Crippen LogP) is 11.8. The number of hydrogen-bond acceptors (Lipinski definition) is 12. The van der Waals surface area contributed by atoms with Gasteiger partial charge < -0.3 is 54.4 Å². The number of ketones is 2. The van der Waals surface area contributed by atoms with Crippen LogP contribution in [0.15, 0.2) is 145 Å². The number of esters is 1. The fourth-order valence-electron chi connectivity index (χ4n) is 12.4. The van der Waals surface area contributed by atoms with E-state index in [1.165, 1.54) is 26.2 Å². The Balaban J connectivity index is 1.18. The SMILES string of the molecule is COc1cc([C@@H]2CC(=O)C[C@H](OC(C)=O)CC[C@@]3(C=CC=C[C@@H]3C)Cc3c[nH]cc3C[C@@H](c3cccc(O)c3)C3=CCNC(=C3)N(CCC(C)=O)c3ccc(C4(O)CCCC4)c4cn2cc34)cc(O)c1Oc1cccc(O)c1. The highest BCUT2D eigenvalue weighted by molar-refractivity contribution is 5.98. The summed E-state index contributed by atoms with van der Waals surface area (Å²) in [6.07, 6.45) is 25.5. The maximum absolute atomic E-state index is 15.1. The number of carbonyl (C=O) groups is 3. The number of allylic oxidation sites excluding steroid dienone is 6. The lowest BCUT2D eigenvalue weighted by atomic mass is 9.66. The van der Waals surface area contributed by atoms with Gasteiger partial charge in [-0.2, -0.15) is 0 Å². The number of nitrogens with one attached hydrogen (secondary N) is 2. The summed E-state index contributed by atoms with van der Waals surface area (Å²) in [6, 6.07) is 20.1. The third-order valence-electron chi connectivity index (χ3n) is 16.5. The van der Waals surface area contributed by atoms with Gasteiger partial charge in [0.2, 0.25) is 5.75 Å². The number of aliphatic hydroxyl groups is 1. The molecular weight excluding hydrogens is 985 g/mol. The van der Waals surface area contributed by atoms with Gasteiger partial charge in [0.1, 0.15) is 40.7 Å². The number of Topliss-reactive ketones (excluding diaryl/α,β-unsaturated/α-hetero) is 2. The number of aromatic amines is 1. The number of nitrogens with zero attached hydrogens (tertiary/aromatic N) is 2. The highest BCUT2D eigenvalue weighted by Gasteiger charge is 2.39. The summed E-state index contributed by atoms with van der Waals surface area (Å²) in [5.74, 6) is 0.329. The van der Waals surface area contributed by atoms with E-state index in [9.17, 15) is 30.0 Å². The van der Waals surface area contributed by atoms with Gasteiger partial charge in [0.15, 0.2) is 11.5 Å². The van der Waals surface area contributed by atoms with E-state index in [0.717, 1.165) is 62.9 Å². The van der Waals surface area contributed by atoms with Gasteiger partial charge in [-0.15, -0.1) is 0 Å². The minimum atomic E-state index is -1.13. The number of rotatable bonds is 10. The molecule has 406 valence electrons. The Labute approximate surface area is 455 Å². The van der Waals surface area contributed by atoms with Gasteiger partial charge in [-0.1, -0.05) is 74.4 Å². The molecule has 4 heterocycles. The average molecular weight is 1060 g/mol. The first-order valence-corrected chi connectivity index (χ1v) is 27.2. The number of methoxy groups -OCH3 is 1. The third kappa shape index (κ3) is 11.4. The Hall–Kier alpha value is -7.97. The summed E-state index contributed by atoms with van der Waals surface area (Å²) >= 11 is 0. The molecule has 0 saturated heterocycles. The quantitative estimate of drug-likeness (QED) is 0.0712. The molecule has 6 N–H and O–H groups in total. The lowest BCUT2D eigenvalue weighted by molar-refractivity contribution is -0.148. The van der Waals surface area contributed by atoms with Crippen molar-refractivity contribution < 1.29 is 49.0 Å². The molecule has 1 spiro atoms. The number of carbonyl (C=O) groups excluding carboxylic acids is 3. The zero-order valence-electron chi connectivity index (χ0n) is 44.8. The van der Waals surface area contributed by atoms with Gasteiger partial charge in [0.25, 0.3) is 0 Å². The molecule has 2 aliphatic carbocycles. The van der Waals surface area contributed by atoms with Crippen molar-refractivity contribution in [2.75, 3.05) is 25.1 Å². The van der Waals surface area contributed by atoms with Crippen LogP contribution >= 0.6 is 0 Å². The number of phenols is 3. The molecule has 4 bridgehead atoms. The number of H-pyrrole nitrogens is 1. The Morgan fingerprint density at radius 1 is 0.846 bits per heavy atom. The molecule has 14 nitrogen and oxygen atoms in total. The highest BCUT2D eigenvalue weighted by Crippen LogP contribution is 2.49. The molecule has 5 atom stereocenters. The summed E-state index contributed by atoms with van der Waals surface area (Å²) in [7, 11) is 1.46. The van der Waals surface area contributed by atoms with Crippen molar-refractivity contribution in [3.63, 3.8) is 0 Å². The number of phenolic OH excluding ortho intramolecular Hbond substituents is 3. The van der Waals surface area contributed by atoms with Crippen molar-refractivity contribution in [1.29, 1.82) is 0 Å². The van der Waals surface area contributed by atoms with E-state index in [4.69, 9.17) is 14.2 Å². The largest absolute Gasteiger partial charge is 0.508 e. The van der Waals surface area contributed by atoms with Crippen LogP contribution in [0.3, 0.4) is 0 Å². The van der Waals surface area contributed by atoms with Crippen LogP contribution in [0.1, 0.15) is 118 Å². The third-order valence-corrected chi connectivity index (χ3v) is 16.5. The van der Waals surface area contributed by atoms with Crippen molar-refractivity contribution in [2.45, 2.75) is 115 Å². The first-order valence-electron chi connectivity index (χ1n) is 27.2. The predicted molar refractivity (Wildman–Crippen MR) is 300 cm³/mol. The van der Waals surface area contributed by atoms with Crippen LogP contribution in [0.25, 0.3) is 10.8 Å². The Morgan fingerprint density at radius 2 is 1.62 bits per heavy atom. The lowest BCUT2D eigenvalue weighted by Gasteiger charge is -2.38. The van der Waals surface area contributed by atoms with Crippen LogP contribution < -0.4 is 19.7 Å². The van der Waals surface area contributed by atoms with Gasteiger partial charge >= 0.3 is 5.97 Å². The van der Waals surface area contributed by atoms with Crippen LogP contribution in [-0.4, -0.2) is 73.8 Å². The molecule has 14 heteroatoms. The van der Waals surface area contributed by atoms with E-state index in [0.29, 0.717) is 57.2 Å². The van der Waals surface area contributed by atoms with Crippen LogP contribution in [0, 0.1) is 11.3 Å². The molecule has 0 radical (unpaired) electrons. The number of anilines is 1. The molecule has 0 unspecified atom stereocenters. The van der Waals surface area contributed by atoms with E-state index in [2.05, 4.69) is 77.0 Å². The Bertz CT molecular complexity index is 3360. The molecule has 0 amide bonds. The maximum atomic E-state index is 15.1. The summed E-state index contributed by atoms with van der Waals surface area (Å²) in [4.78, 5) is 46.6. The van der Waals surface area contributed by atoms with Crippen molar-refractivity contribution in [3.05, 3.63) is 173 Å². The first kappa shape index (κ1) is 53.4. The lowest BCUT2D eigenvalue weighted by Crippen LogP contribution is -2.36. The van der Waals surface area contributed by atoms with Crippen molar-refractivity contribution in [1.82, 2.24) is 14.9 Å². The van der Waals surface area contributed by atoms with E-state index in [1.54, 1.807) is 37.3 Å². The second-order valence-corrected chi connectivity index (χ2v) is 21.8. The van der Waals surface area contributed by atoms with Gasteiger partial charge in [-0.05, 0) is 139 Å². The van der Waals surface area contributed by atoms with Crippen molar-refractivity contribution in [3.8, 4) is 34.5 Å². The second kappa shape index (κ2) is 22.5. The number of hydrogen-bond donors (Lipinski definition) is 6. The molecule has 10 rings (SSSR count). The molecule has 1 fully saturated rings. The van der Waals surface area contributed by atoms with Crippen LogP contribution in [0.2, 0.25) is 0 Å². The topological polar surface area (TPSA) is 196 Å². The van der Waals surface area contributed by atoms with Crippen LogP contribution in [0.5, 0.6) is 34.5 Å². The normalized spacial score (nSPS) is 22.5. The zero-order chi connectivity index (χ0) is 54.7. The molecule has 4 aromatic carbocycles. The molecule has 1 saturated carbocycles. The maximum Gasteiger partial charge on any atom is 0.302 e. The molecule has 78 heavy (non-hydrogen) atoms. The molecular formula is C64H70N4O10. The highest BCUT2D eigenvalue weighted by atomic mass is 16.5. The Kier molecular flexibility index (Phi) is 15.4. The minimum absolute atomic E-state index is 0.0112. The van der Waals surface area contributed by atoms with Crippen LogP contribution in [-0.2, 0) is 37.6 Å². The van der Waals surface area contributed by atoms with Gasteiger partial charge in [-0.25, -0.2) is 0 Å². The number of aromatic hydroxyl groups is 3. The van der Waals surface area contributed by atoms with Gasteiger partial charge in [-0.3, -0.25) is 14.4 Å². The number of dihydropyridines is 1. The number of benzene rings is 4. The van der Waals surface area contributed by atoms with E-state index >= 15 is 4.79 Å². The molecule has 2 aromatic heterocycles. The molecule has 4 aliphatic rings. The van der Waals surface area contributed by atoms with Crippen LogP contribution in [0.4, 0.5) is 5.69 Å². The van der Waals surface area contributed by atoms with E-state index in [1.807, 2.05) is 41.2 Å². The summed E-state index contributed by atoms with van der Waals surface area (Å²) in [5, 5.41) is 50.8. The van der Waals surface area contributed by atoms with E-state index < -0.39 is 29.1 Å².